The summed E-state index contributed by atoms with van der Waals surface area (Å²) >= 11 is 0. The third kappa shape index (κ3) is 4.25. The van der Waals surface area contributed by atoms with Gasteiger partial charge in [-0.15, -0.1) is 0 Å². The Labute approximate surface area is 176 Å². The van der Waals surface area contributed by atoms with Crippen LogP contribution in [0.25, 0.3) is 0 Å². The third-order valence-electron chi connectivity index (χ3n) is 5.36. The Morgan fingerprint density at radius 2 is 1.90 bits per heavy atom. The molecule has 1 atom stereocenters. The molecule has 0 spiro atoms. The number of pyridine rings is 1. The van der Waals surface area contributed by atoms with Gasteiger partial charge in [-0.05, 0) is 41.5 Å². The standard InChI is InChI=1S/C24H26N2O4/c1-28-22-5-3-4-19(24(22)29-2)15-26-12-13-30-21-7-6-18(14-20(21)16-26)23(27)17-8-10-25-11-9-17/h3-11,14,23,27H,12-13,15-16H2,1-2H3. The number of para-hydroxylation sites is 1. The molecular weight excluding hydrogens is 380 g/mol. The Balaban J connectivity index is 1.57. The maximum absolute atomic E-state index is 10.8. The summed E-state index contributed by atoms with van der Waals surface area (Å²) < 4.78 is 17.0. The first-order chi connectivity index (χ1) is 14.7. The molecule has 6 nitrogen and oxygen atoms in total. The summed E-state index contributed by atoms with van der Waals surface area (Å²) in [7, 11) is 3.31. The fraction of sp³-hybridized carbons (Fsp3) is 0.292. The first-order valence-corrected chi connectivity index (χ1v) is 9.95. The van der Waals surface area contributed by atoms with Crippen LogP contribution >= 0.6 is 0 Å². The van der Waals surface area contributed by atoms with E-state index in [0.29, 0.717) is 19.7 Å². The van der Waals surface area contributed by atoms with E-state index < -0.39 is 6.10 Å². The number of rotatable bonds is 6. The molecular formula is C24H26N2O4. The topological polar surface area (TPSA) is 64.1 Å². The number of aromatic nitrogens is 1. The van der Waals surface area contributed by atoms with Crippen LogP contribution in [0.5, 0.6) is 17.2 Å². The molecule has 2 aromatic carbocycles. The Morgan fingerprint density at radius 3 is 2.67 bits per heavy atom. The number of ether oxygens (including phenoxy) is 3. The number of nitrogens with zero attached hydrogens (tertiary/aromatic N) is 2. The van der Waals surface area contributed by atoms with Crippen molar-refractivity contribution >= 4 is 0 Å². The summed E-state index contributed by atoms with van der Waals surface area (Å²) in [5, 5.41) is 10.8. The summed E-state index contributed by atoms with van der Waals surface area (Å²) in [5.41, 5.74) is 3.77. The molecule has 30 heavy (non-hydrogen) atoms. The van der Waals surface area contributed by atoms with Crippen molar-refractivity contribution in [2.45, 2.75) is 19.2 Å². The average molecular weight is 406 g/mol. The fourth-order valence-electron chi connectivity index (χ4n) is 3.83. The molecule has 156 valence electrons. The van der Waals surface area contributed by atoms with Gasteiger partial charge in [0.15, 0.2) is 11.5 Å². The van der Waals surface area contributed by atoms with Gasteiger partial charge in [0.1, 0.15) is 18.5 Å². The van der Waals surface area contributed by atoms with Crippen LogP contribution in [-0.2, 0) is 13.1 Å². The number of hydrogen-bond acceptors (Lipinski definition) is 6. The van der Waals surface area contributed by atoms with E-state index in [1.54, 1.807) is 26.6 Å². The van der Waals surface area contributed by atoms with Crippen LogP contribution in [0.15, 0.2) is 60.9 Å². The molecule has 1 aromatic heterocycles. The Morgan fingerprint density at radius 1 is 1.07 bits per heavy atom. The summed E-state index contributed by atoms with van der Waals surface area (Å²) in [5.74, 6) is 2.34. The van der Waals surface area contributed by atoms with Crippen LogP contribution in [0.4, 0.5) is 0 Å². The van der Waals surface area contributed by atoms with Gasteiger partial charge >= 0.3 is 0 Å². The molecule has 0 amide bonds. The van der Waals surface area contributed by atoms with E-state index >= 15 is 0 Å². The molecule has 0 bridgehead atoms. The minimum Gasteiger partial charge on any atom is -0.493 e. The van der Waals surface area contributed by atoms with Crippen molar-refractivity contribution in [3.05, 3.63) is 83.2 Å². The van der Waals surface area contributed by atoms with E-state index in [4.69, 9.17) is 14.2 Å². The molecule has 0 fully saturated rings. The van der Waals surface area contributed by atoms with Crippen molar-refractivity contribution in [3.63, 3.8) is 0 Å². The van der Waals surface area contributed by atoms with Crippen molar-refractivity contribution in [2.24, 2.45) is 0 Å². The molecule has 0 radical (unpaired) electrons. The van der Waals surface area contributed by atoms with Crippen molar-refractivity contribution in [3.8, 4) is 17.2 Å². The van der Waals surface area contributed by atoms with Crippen LogP contribution in [0.1, 0.15) is 28.4 Å². The third-order valence-corrected chi connectivity index (χ3v) is 5.36. The number of aliphatic hydroxyl groups is 1. The quantitative estimate of drug-likeness (QED) is 0.675. The Kier molecular flexibility index (Phi) is 6.16. The molecule has 1 N–H and O–H groups in total. The van der Waals surface area contributed by atoms with E-state index in [0.717, 1.165) is 46.0 Å². The van der Waals surface area contributed by atoms with Gasteiger partial charge in [0, 0.05) is 43.2 Å². The van der Waals surface area contributed by atoms with Crippen molar-refractivity contribution in [2.75, 3.05) is 27.4 Å². The Bertz CT molecular complexity index is 994. The van der Waals surface area contributed by atoms with Crippen LogP contribution in [0.2, 0.25) is 0 Å². The van der Waals surface area contributed by atoms with Gasteiger partial charge in [-0.3, -0.25) is 9.88 Å². The van der Waals surface area contributed by atoms with Gasteiger partial charge in [-0.25, -0.2) is 0 Å². The SMILES string of the molecule is COc1cccc(CN2CCOc3ccc(C(O)c4ccncc4)cc3C2)c1OC. The van der Waals surface area contributed by atoms with Gasteiger partial charge < -0.3 is 19.3 Å². The first-order valence-electron chi connectivity index (χ1n) is 9.95. The lowest BCUT2D eigenvalue weighted by Gasteiger charge is -2.22. The predicted octanol–water partition coefficient (Wildman–Crippen LogP) is 3.58. The zero-order chi connectivity index (χ0) is 20.9. The smallest absolute Gasteiger partial charge is 0.165 e. The van der Waals surface area contributed by atoms with Crippen LogP contribution in [0, 0.1) is 0 Å². The summed E-state index contributed by atoms with van der Waals surface area (Å²) in [6.45, 7) is 2.82. The number of benzene rings is 2. The molecule has 3 aromatic rings. The van der Waals surface area contributed by atoms with E-state index in [-0.39, 0.29) is 0 Å². The van der Waals surface area contributed by atoms with E-state index in [1.807, 2.05) is 42.5 Å². The first kappa shape index (κ1) is 20.2. The molecule has 0 saturated carbocycles. The van der Waals surface area contributed by atoms with E-state index in [2.05, 4.69) is 16.0 Å². The van der Waals surface area contributed by atoms with Crippen LogP contribution < -0.4 is 14.2 Å². The highest BCUT2D eigenvalue weighted by Crippen LogP contribution is 2.33. The number of aliphatic hydroxyl groups excluding tert-OH is 1. The van der Waals surface area contributed by atoms with Crippen LogP contribution in [0.3, 0.4) is 0 Å². The molecule has 4 rings (SSSR count). The van der Waals surface area contributed by atoms with Gasteiger partial charge in [-0.2, -0.15) is 0 Å². The van der Waals surface area contributed by atoms with Gasteiger partial charge in [-0.1, -0.05) is 18.2 Å². The minimum atomic E-state index is -0.700. The predicted molar refractivity (Wildman–Crippen MR) is 114 cm³/mol. The highest BCUT2D eigenvalue weighted by atomic mass is 16.5. The number of fused-ring (bicyclic) bond motifs is 1. The van der Waals surface area contributed by atoms with Crippen LogP contribution in [-0.4, -0.2) is 42.4 Å². The molecule has 1 aliphatic rings. The second kappa shape index (κ2) is 9.15. The lowest BCUT2D eigenvalue weighted by molar-refractivity contribution is 0.216. The maximum Gasteiger partial charge on any atom is 0.165 e. The zero-order valence-electron chi connectivity index (χ0n) is 17.2. The minimum absolute atomic E-state index is 0.603. The van der Waals surface area contributed by atoms with E-state index in [1.165, 1.54) is 0 Å². The molecule has 0 saturated heterocycles. The maximum atomic E-state index is 10.8. The van der Waals surface area contributed by atoms with Gasteiger partial charge in [0.25, 0.3) is 0 Å². The fourth-order valence-corrected chi connectivity index (χ4v) is 3.83. The second-order valence-corrected chi connectivity index (χ2v) is 7.26. The molecule has 1 unspecified atom stereocenters. The summed E-state index contributed by atoms with van der Waals surface area (Å²) in [6, 6.07) is 15.5. The highest BCUT2D eigenvalue weighted by Gasteiger charge is 2.20. The lowest BCUT2D eigenvalue weighted by atomic mass is 10.00. The number of hydrogen-bond donors (Lipinski definition) is 1. The van der Waals surface area contributed by atoms with E-state index in [9.17, 15) is 5.11 Å². The summed E-state index contributed by atoms with van der Waals surface area (Å²) in [4.78, 5) is 6.33. The Hall–Kier alpha value is -3.09. The second-order valence-electron chi connectivity index (χ2n) is 7.26. The van der Waals surface area contributed by atoms with Gasteiger partial charge in [0.2, 0.25) is 0 Å². The monoisotopic (exact) mass is 406 g/mol. The molecule has 0 aliphatic carbocycles. The molecule has 1 aliphatic heterocycles. The van der Waals surface area contributed by atoms with Crippen molar-refractivity contribution < 1.29 is 19.3 Å². The number of methoxy groups -OCH3 is 2. The zero-order valence-corrected chi connectivity index (χ0v) is 17.2. The summed E-state index contributed by atoms with van der Waals surface area (Å²) in [6.07, 6.45) is 2.68. The average Bonchev–Trinajstić information content (AvgIpc) is 3.00. The van der Waals surface area contributed by atoms with Gasteiger partial charge in [0.05, 0.1) is 14.2 Å². The van der Waals surface area contributed by atoms with Crippen molar-refractivity contribution in [1.82, 2.24) is 9.88 Å². The van der Waals surface area contributed by atoms with Crippen molar-refractivity contribution in [1.29, 1.82) is 0 Å². The normalized spacial score (nSPS) is 14.9. The lowest BCUT2D eigenvalue weighted by Crippen LogP contribution is -2.25. The highest BCUT2D eigenvalue weighted by molar-refractivity contribution is 5.47. The molecule has 6 heteroatoms. The largest absolute Gasteiger partial charge is 0.493 e. The molecule has 2 heterocycles.